The number of phenolic OH excluding ortho intramolecular Hbond substituents is 1. The predicted molar refractivity (Wildman–Crippen MR) is 73.2 cm³/mol. The molecule has 0 saturated carbocycles. The molecule has 0 fully saturated rings. The van der Waals surface area contributed by atoms with Crippen LogP contribution in [0.3, 0.4) is 0 Å². The molecule has 3 nitrogen and oxygen atoms in total. The van der Waals surface area contributed by atoms with Gasteiger partial charge in [-0.1, -0.05) is 17.7 Å². The summed E-state index contributed by atoms with van der Waals surface area (Å²) >= 11 is 0. The number of phenols is 1. The monoisotopic (exact) mass is 243 g/mol. The minimum absolute atomic E-state index is 0.272. The summed E-state index contributed by atoms with van der Waals surface area (Å²) in [7, 11) is 1.68. The maximum atomic E-state index is 9.21. The fraction of sp³-hybridized carbons (Fsp3) is 0.200. The minimum atomic E-state index is 0.272. The number of benzene rings is 2. The van der Waals surface area contributed by atoms with Crippen LogP contribution in [0.25, 0.3) is 0 Å². The molecule has 0 bridgehead atoms. The third-order valence-electron chi connectivity index (χ3n) is 2.79. The van der Waals surface area contributed by atoms with E-state index in [1.165, 1.54) is 5.56 Å². The zero-order valence-electron chi connectivity index (χ0n) is 10.6. The van der Waals surface area contributed by atoms with E-state index < -0.39 is 0 Å². The van der Waals surface area contributed by atoms with Crippen LogP contribution in [0.15, 0.2) is 42.5 Å². The SMILES string of the molecule is COc1ccc(C)cc1CNc1ccc(O)cc1. The molecule has 0 unspecified atom stereocenters. The van der Waals surface area contributed by atoms with Gasteiger partial charge in [-0.2, -0.15) is 0 Å². The number of ether oxygens (including phenoxy) is 1. The third-order valence-corrected chi connectivity index (χ3v) is 2.79. The summed E-state index contributed by atoms with van der Waals surface area (Å²) in [6.45, 7) is 2.75. The summed E-state index contributed by atoms with van der Waals surface area (Å²) in [4.78, 5) is 0. The lowest BCUT2D eigenvalue weighted by molar-refractivity contribution is 0.410. The fourth-order valence-electron chi connectivity index (χ4n) is 1.82. The lowest BCUT2D eigenvalue weighted by Gasteiger charge is -2.11. The van der Waals surface area contributed by atoms with Crippen LogP contribution in [0.4, 0.5) is 5.69 Å². The second kappa shape index (κ2) is 5.45. The van der Waals surface area contributed by atoms with Gasteiger partial charge in [0, 0.05) is 17.8 Å². The molecule has 2 rings (SSSR count). The minimum Gasteiger partial charge on any atom is -0.508 e. The number of methoxy groups -OCH3 is 1. The summed E-state index contributed by atoms with van der Waals surface area (Å²) in [6, 6.07) is 13.1. The average molecular weight is 243 g/mol. The lowest BCUT2D eigenvalue weighted by Crippen LogP contribution is -2.01. The van der Waals surface area contributed by atoms with Gasteiger partial charge in [0.2, 0.25) is 0 Å². The highest BCUT2D eigenvalue weighted by Gasteiger charge is 2.03. The Morgan fingerprint density at radius 3 is 2.50 bits per heavy atom. The summed E-state index contributed by atoms with van der Waals surface area (Å²) in [5.74, 6) is 1.15. The molecule has 0 saturated heterocycles. The molecular weight excluding hydrogens is 226 g/mol. The number of rotatable bonds is 4. The normalized spacial score (nSPS) is 10.1. The van der Waals surface area contributed by atoms with Crippen LogP contribution >= 0.6 is 0 Å². The van der Waals surface area contributed by atoms with E-state index >= 15 is 0 Å². The summed E-state index contributed by atoms with van der Waals surface area (Å²) in [5, 5.41) is 12.5. The molecule has 3 heteroatoms. The molecule has 2 N–H and O–H groups in total. The second-order valence-electron chi connectivity index (χ2n) is 4.22. The van der Waals surface area contributed by atoms with Crippen molar-refractivity contribution in [3.8, 4) is 11.5 Å². The molecule has 0 radical (unpaired) electrons. The Bertz CT molecular complexity index is 521. The van der Waals surface area contributed by atoms with Crippen molar-refractivity contribution in [2.75, 3.05) is 12.4 Å². The average Bonchev–Trinajstić information content (AvgIpc) is 2.38. The Hall–Kier alpha value is -2.16. The first-order chi connectivity index (χ1) is 8.69. The van der Waals surface area contributed by atoms with Crippen LogP contribution in [0.1, 0.15) is 11.1 Å². The molecule has 2 aromatic carbocycles. The van der Waals surface area contributed by atoms with Crippen LogP contribution < -0.4 is 10.1 Å². The highest BCUT2D eigenvalue weighted by molar-refractivity contribution is 5.48. The van der Waals surface area contributed by atoms with E-state index in [2.05, 4.69) is 18.3 Å². The van der Waals surface area contributed by atoms with Crippen LogP contribution in [0, 0.1) is 6.92 Å². The zero-order chi connectivity index (χ0) is 13.0. The topological polar surface area (TPSA) is 41.5 Å². The number of aryl methyl sites for hydroxylation is 1. The van der Waals surface area contributed by atoms with Crippen molar-refractivity contribution in [2.45, 2.75) is 13.5 Å². The molecule has 2 aromatic rings. The lowest BCUT2D eigenvalue weighted by atomic mass is 10.1. The van der Waals surface area contributed by atoms with Crippen LogP contribution in [-0.2, 0) is 6.54 Å². The first-order valence-electron chi connectivity index (χ1n) is 5.85. The summed E-state index contributed by atoms with van der Waals surface area (Å²) < 4.78 is 5.33. The number of nitrogens with one attached hydrogen (secondary N) is 1. The Kier molecular flexibility index (Phi) is 3.72. The van der Waals surface area contributed by atoms with Gasteiger partial charge in [-0.05, 0) is 37.3 Å². The van der Waals surface area contributed by atoms with E-state index in [9.17, 15) is 5.11 Å². The standard InChI is InChI=1S/C15H17NO2/c1-11-3-8-15(18-2)12(9-11)10-16-13-4-6-14(17)7-5-13/h3-9,16-17H,10H2,1-2H3. The van der Waals surface area contributed by atoms with Crippen molar-refractivity contribution in [2.24, 2.45) is 0 Å². The van der Waals surface area contributed by atoms with Gasteiger partial charge >= 0.3 is 0 Å². The number of anilines is 1. The maximum Gasteiger partial charge on any atom is 0.123 e. The Labute approximate surface area is 107 Å². The second-order valence-corrected chi connectivity index (χ2v) is 4.22. The van der Waals surface area contributed by atoms with Crippen molar-refractivity contribution in [3.63, 3.8) is 0 Å². The highest BCUT2D eigenvalue weighted by atomic mass is 16.5. The van der Waals surface area contributed by atoms with Gasteiger partial charge < -0.3 is 15.2 Å². The molecule has 18 heavy (non-hydrogen) atoms. The molecule has 0 heterocycles. The molecule has 0 aliphatic carbocycles. The van der Waals surface area contributed by atoms with E-state index in [0.717, 1.165) is 17.0 Å². The van der Waals surface area contributed by atoms with Crippen molar-refractivity contribution >= 4 is 5.69 Å². The Balaban J connectivity index is 2.09. The highest BCUT2D eigenvalue weighted by Crippen LogP contribution is 2.21. The van der Waals surface area contributed by atoms with Gasteiger partial charge in [0.05, 0.1) is 7.11 Å². The largest absolute Gasteiger partial charge is 0.508 e. The molecule has 0 aliphatic heterocycles. The van der Waals surface area contributed by atoms with Gasteiger partial charge in [0.25, 0.3) is 0 Å². The Morgan fingerprint density at radius 2 is 1.83 bits per heavy atom. The van der Waals surface area contributed by atoms with Crippen molar-refractivity contribution in [1.29, 1.82) is 0 Å². The fourth-order valence-corrected chi connectivity index (χ4v) is 1.82. The molecule has 0 aromatic heterocycles. The van der Waals surface area contributed by atoms with Crippen LogP contribution in [0.5, 0.6) is 11.5 Å². The predicted octanol–water partition coefficient (Wildman–Crippen LogP) is 3.32. The molecular formula is C15H17NO2. The first-order valence-corrected chi connectivity index (χ1v) is 5.85. The van der Waals surface area contributed by atoms with E-state index in [-0.39, 0.29) is 5.75 Å². The molecule has 0 amide bonds. The summed E-state index contributed by atoms with van der Waals surface area (Å²) in [5.41, 5.74) is 3.29. The molecule has 94 valence electrons. The van der Waals surface area contributed by atoms with Gasteiger partial charge in [0.1, 0.15) is 11.5 Å². The van der Waals surface area contributed by atoms with Crippen molar-refractivity contribution < 1.29 is 9.84 Å². The Morgan fingerprint density at radius 1 is 1.11 bits per heavy atom. The van der Waals surface area contributed by atoms with E-state index in [4.69, 9.17) is 4.74 Å². The van der Waals surface area contributed by atoms with E-state index in [1.54, 1.807) is 19.2 Å². The van der Waals surface area contributed by atoms with Crippen LogP contribution in [0.2, 0.25) is 0 Å². The first kappa shape index (κ1) is 12.3. The zero-order valence-corrected chi connectivity index (χ0v) is 10.6. The van der Waals surface area contributed by atoms with Gasteiger partial charge in [-0.15, -0.1) is 0 Å². The smallest absolute Gasteiger partial charge is 0.123 e. The quantitative estimate of drug-likeness (QED) is 0.809. The molecule has 0 aliphatic rings. The van der Waals surface area contributed by atoms with Crippen molar-refractivity contribution in [3.05, 3.63) is 53.6 Å². The van der Waals surface area contributed by atoms with E-state index in [0.29, 0.717) is 6.54 Å². The third kappa shape index (κ3) is 2.94. The maximum absolute atomic E-state index is 9.21. The number of hydrogen-bond acceptors (Lipinski definition) is 3. The number of aromatic hydroxyl groups is 1. The van der Waals surface area contributed by atoms with Gasteiger partial charge in [0.15, 0.2) is 0 Å². The summed E-state index contributed by atoms with van der Waals surface area (Å²) in [6.07, 6.45) is 0. The van der Waals surface area contributed by atoms with Crippen molar-refractivity contribution in [1.82, 2.24) is 0 Å². The van der Waals surface area contributed by atoms with Gasteiger partial charge in [-0.3, -0.25) is 0 Å². The van der Waals surface area contributed by atoms with E-state index in [1.807, 2.05) is 24.3 Å². The van der Waals surface area contributed by atoms with Crippen LogP contribution in [-0.4, -0.2) is 12.2 Å². The molecule has 0 atom stereocenters. The van der Waals surface area contributed by atoms with Gasteiger partial charge in [-0.25, -0.2) is 0 Å². The number of hydrogen-bond donors (Lipinski definition) is 2. The molecule has 0 spiro atoms.